The first-order chi connectivity index (χ1) is 7.39. The summed E-state index contributed by atoms with van der Waals surface area (Å²) in [6.07, 6.45) is 0. The second-order valence-electron chi connectivity index (χ2n) is 3.60. The minimum absolute atomic E-state index is 0. The summed E-state index contributed by atoms with van der Waals surface area (Å²) in [6, 6.07) is 5.64. The smallest absolute Gasteiger partial charge is 1.00 e. The molecule has 0 fully saturated rings. The maximum atomic E-state index is 10.8. The Morgan fingerprint density at radius 3 is 2.24 bits per heavy atom. The second kappa shape index (κ2) is 7.35. The molecule has 0 bridgehead atoms. The summed E-state index contributed by atoms with van der Waals surface area (Å²) in [7, 11) is -0.247. The van der Waals surface area contributed by atoms with Crippen LogP contribution < -0.4 is 34.3 Å². The van der Waals surface area contributed by atoms with Gasteiger partial charge in [-0.05, 0) is 38.4 Å². The van der Waals surface area contributed by atoms with Crippen LogP contribution in [0.5, 0.6) is 5.75 Å². The Labute approximate surface area is 125 Å². The molecule has 1 rings (SSSR count). The quantitative estimate of drug-likeness (QED) is 0.494. The average molecular weight is 269 g/mol. The van der Waals surface area contributed by atoms with E-state index < -0.39 is 10.1 Å². The summed E-state index contributed by atoms with van der Waals surface area (Å²) >= 11 is 0. The third-order valence-electron chi connectivity index (χ3n) is 1.93. The molecule has 0 heterocycles. The zero-order valence-corrected chi connectivity index (χ0v) is 13.1. The molecular weight excluding hydrogens is 253 g/mol. The molecule has 0 aliphatic carbocycles. The van der Waals surface area contributed by atoms with Gasteiger partial charge in [0.05, 0.1) is 4.90 Å². The fraction of sp³-hybridized carbons (Fsp3) is 0.400. The van der Waals surface area contributed by atoms with Crippen LogP contribution in [-0.4, -0.2) is 45.1 Å². The predicted molar refractivity (Wildman–Crippen MR) is 61.4 cm³/mol. The van der Waals surface area contributed by atoms with E-state index >= 15 is 0 Å². The molecule has 0 amide bonds. The Balaban J connectivity index is 0. The summed E-state index contributed by atoms with van der Waals surface area (Å²) in [6.45, 7) is 1.30. The van der Waals surface area contributed by atoms with Crippen molar-refractivity contribution in [1.29, 1.82) is 0 Å². The molecule has 0 spiro atoms. The largest absolute Gasteiger partial charge is 1.00 e. The second-order valence-corrected chi connectivity index (χ2v) is 5.02. The zero-order valence-electron chi connectivity index (χ0n) is 11.3. The van der Waals surface area contributed by atoms with Crippen molar-refractivity contribution in [3.8, 4) is 5.75 Å². The average Bonchev–Trinajstić information content (AvgIpc) is 2.16. The normalized spacial score (nSPS) is 11.1. The molecule has 92 valence electrons. The van der Waals surface area contributed by atoms with Crippen molar-refractivity contribution >= 4 is 10.1 Å². The topological polar surface area (TPSA) is 66.8 Å². The van der Waals surface area contributed by atoms with Gasteiger partial charge in [-0.25, -0.2) is 0 Å². The van der Waals surface area contributed by atoms with E-state index in [-0.39, 0.29) is 35.9 Å². The van der Waals surface area contributed by atoms with Gasteiger partial charge in [-0.2, -0.15) is 8.42 Å². The number of hydrogen-bond acceptors (Lipinski definition) is 4. The molecule has 1 aromatic carbocycles. The minimum atomic E-state index is -4.12. The number of ether oxygens (including phenoxy) is 1. The van der Waals surface area contributed by atoms with E-state index in [9.17, 15) is 8.42 Å². The van der Waals surface area contributed by atoms with E-state index in [0.29, 0.717) is 12.4 Å². The number of nitrogens with zero attached hydrogens (tertiary/aromatic N) is 1. The van der Waals surface area contributed by atoms with Crippen LogP contribution in [0, 0.1) is 0 Å². The molecule has 0 radical (unpaired) electrons. The zero-order chi connectivity index (χ0) is 12.2. The molecule has 5 nitrogen and oxygen atoms in total. The molecule has 17 heavy (non-hydrogen) atoms. The molecule has 1 N–H and O–H groups in total. The molecule has 0 aliphatic heterocycles. The molecular formula is C10H16NNaO4S. The fourth-order valence-electron chi connectivity index (χ4n) is 1.05. The van der Waals surface area contributed by atoms with E-state index in [2.05, 4.69) is 0 Å². The van der Waals surface area contributed by atoms with Crippen LogP contribution in [-0.2, 0) is 10.1 Å². The van der Waals surface area contributed by atoms with Crippen LogP contribution in [0.1, 0.15) is 1.43 Å². The Morgan fingerprint density at radius 1 is 1.29 bits per heavy atom. The van der Waals surface area contributed by atoms with E-state index in [1.807, 2.05) is 19.0 Å². The number of hydrogen-bond donors (Lipinski definition) is 1. The Hall–Kier alpha value is -0.110. The van der Waals surface area contributed by atoms with Gasteiger partial charge in [0.15, 0.2) is 0 Å². The monoisotopic (exact) mass is 269 g/mol. The molecule has 0 aromatic heterocycles. The first-order valence-electron chi connectivity index (χ1n) is 4.74. The van der Waals surface area contributed by atoms with Crippen molar-refractivity contribution in [3.63, 3.8) is 0 Å². The molecule has 7 heteroatoms. The third-order valence-corrected chi connectivity index (χ3v) is 2.80. The number of rotatable bonds is 5. The van der Waals surface area contributed by atoms with Crippen LogP contribution in [0.4, 0.5) is 0 Å². The summed E-state index contributed by atoms with van der Waals surface area (Å²) in [5, 5.41) is 0. The van der Waals surface area contributed by atoms with E-state index in [4.69, 9.17) is 9.29 Å². The minimum Gasteiger partial charge on any atom is -1.00 e. The van der Waals surface area contributed by atoms with Crippen molar-refractivity contribution in [3.05, 3.63) is 24.3 Å². The van der Waals surface area contributed by atoms with Crippen molar-refractivity contribution in [2.75, 3.05) is 27.2 Å². The Bertz CT molecular complexity index is 436. The van der Waals surface area contributed by atoms with Gasteiger partial charge in [0.25, 0.3) is 10.1 Å². The third kappa shape index (κ3) is 6.40. The van der Waals surface area contributed by atoms with Crippen LogP contribution in [0.2, 0.25) is 0 Å². The molecule has 0 atom stereocenters. The molecule has 0 unspecified atom stereocenters. The van der Waals surface area contributed by atoms with Gasteiger partial charge in [0.1, 0.15) is 12.4 Å². The number of benzene rings is 1. The van der Waals surface area contributed by atoms with Crippen molar-refractivity contribution in [2.24, 2.45) is 0 Å². The van der Waals surface area contributed by atoms with Gasteiger partial charge in [-0.15, -0.1) is 0 Å². The summed E-state index contributed by atoms with van der Waals surface area (Å²) in [4.78, 5) is 1.85. The predicted octanol–water partition coefficient (Wildman–Crippen LogP) is -2.01. The van der Waals surface area contributed by atoms with Crippen molar-refractivity contribution in [1.82, 2.24) is 4.90 Å². The molecule has 0 saturated heterocycles. The van der Waals surface area contributed by atoms with E-state index in [1.165, 1.54) is 24.3 Å². The van der Waals surface area contributed by atoms with Crippen LogP contribution in [0.15, 0.2) is 29.2 Å². The van der Waals surface area contributed by atoms with Crippen LogP contribution >= 0.6 is 0 Å². The van der Waals surface area contributed by atoms with Crippen LogP contribution in [0.3, 0.4) is 0 Å². The maximum Gasteiger partial charge on any atom is 1.00 e. The van der Waals surface area contributed by atoms with E-state index in [0.717, 1.165) is 6.54 Å². The summed E-state index contributed by atoms with van der Waals surface area (Å²) in [5.74, 6) is 0.578. The first-order valence-corrected chi connectivity index (χ1v) is 6.18. The Morgan fingerprint density at radius 2 is 1.82 bits per heavy atom. The van der Waals surface area contributed by atoms with Crippen molar-refractivity contribution in [2.45, 2.75) is 4.90 Å². The van der Waals surface area contributed by atoms with Gasteiger partial charge in [0, 0.05) is 6.54 Å². The standard InChI is InChI=1S/C10H15NO4S.Na.H/c1-11(2)7-8-15-9-3-5-10(6-4-9)16(12,13)14;;/h3-6H,7-8H2,1-2H3,(H,12,13,14);;/q;+1;-1. The fourth-order valence-corrected chi connectivity index (χ4v) is 1.53. The van der Waals surface area contributed by atoms with Gasteiger partial charge in [-0.3, -0.25) is 4.55 Å². The van der Waals surface area contributed by atoms with Gasteiger partial charge >= 0.3 is 29.6 Å². The first kappa shape index (κ1) is 16.9. The molecule has 0 saturated carbocycles. The van der Waals surface area contributed by atoms with Gasteiger partial charge < -0.3 is 11.1 Å². The Kier molecular flexibility index (Phi) is 7.30. The molecule has 1 aromatic rings. The number of likely N-dealkylation sites (N-methyl/N-ethyl adjacent to an activating group) is 1. The molecule has 0 aliphatic rings. The van der Waals surface area contributed by atoms with E-state index in [1.54, 1.807) is 0 Å². The maximum absolute atomic E-state index is 10.8. The summed E-state index contributed by atoms with van der Waals surface area (Å²) < 4.78 is 35.6. The summed E-state index contributed by atoms with van der Waals surface area (Å²) in [5.41, 5.74) is 0. The van der Waals surface area contributed by atoms with Gasteiger partial charge in [0.2, 0.25) is 0 Å². The van der Waals surface area contributed by atoms with Crippen molar-refractivity contribution < 1.29 is 48.7 Å². The van der Waals surface area contributed by atoms with Crippen LogP contribution in [0.25, 0.3) is 0 Å². The SMILES string of the molecule is CN(C)CCOc1ccc(S(=O)(=O)O)cc1.[H-].[Na+]. The van der Waals surface area contributed by atoms with Gasteiger partial charge in [-0.1, -0.05) is 0 Å².